The molecule has 3 rings (SSSR count). The maximum atomic E-state index is 6.38. The van der Waals surface area contributed by atoms with Crippen molar-refractivity contribution in [2.75, 3.05) is 5.88 Å². The van der Waals surface area contributed by atoms with Gasteiger partial charge in [-0.2, -0.15) is 0 Å². The average Bonchev–Trinajstić information content (AvgIpc) is 2.79. The van der Waals surface area contributed by atoms with Crippen molar-refractivity contribution in [3.8, 4) is 5.69 Å². The average molecular weight is 449 g/mol. The first-order valence-electron chi connectivity index (χ1n) is 6.28. The molecule has 0 atom stereocenters. The van der Waals surface area contributed by atoms with Gasteiger partial charge in [-0.1, -0.05) is 43.5 Å². The molecule has 0 bridgehead atoms. The Morgan fingerprint density at radius 1 is 1.05 bits per heavy atom. The van der Waals surface area contributed by atoms with Crippen LogP contribution in [0, 0.1) is 0 Å². The Morgan fingerprint density at radius 2 is 1.76 bits per heavy atom. The quantitative estimate of drug-likeness (QED) is 0.450. The Morgan fingerprint density at radius 3 is 2.52 bits per heavy atom. The Kier molecular flexibility index (Phi) is 4.60. The highest BCUT2D eigenvalue weighted by molar-refractivity contribution is 9.10. The fraction of sp³-hybridized carbons (Fsp3) is 0.133. The number of rotatable bonds is 3. The molecule has 0 saturated carbocycles. The third-order valence-corrected chi connectivity index (χ3v) is 4.65. The van der Waals surface area contributed by atoms with Gasteiger partial charge in [0.2, 0.25) is 0 Å². The minimum Gasteiger partial charge on any atom is -0.295 e. The van der Waals surface area contributed by atoms with Gasteiger partial charge in [0.1, 0.15) is 5.82 Å². The summed E-state index contributed by atoms with van der Waals surface area (Å²) < 4.78 is 4.03. The standard InChI is InChI=1S/C15H10Br2Cl2N2/c16-9-2-4-13-12(7-9)20-15(5-6-18)21(13)14-8-10(17)1-3-11(14)19/h1-4,7-8H,5-6H2. The molecule has 0 spiro atoms. The van der Waals surface area contributed by atoms with Crippen LogP contribution >= 0.6 is 55.1 Å². The fourth-order valence-electron chi connectivity index (χ4n) is 2.28. The number of halogens is 4. The van der Waals surface area contributed by atoms with Crippen LogP contribution in [0.15, 0.2) is 45.3 Å². The molecule has 21 heavy (non-hydrogen) atoms. The number of aromatic nitrogens is 2. The van der Waals surface area contributed by atoms with E-state index in [1.807, 2.05) is 36.4 Å². The Labute approximate surface area is 149 Å². The van der Waals surface area contributed by atoms with Gasteiger partial charge in [0.25, 0.3) is 0 Å². The topological polar surface area (TPSA) is 17.8 Å². The van der Waals surface area contributed by atoms with Crippen molar-refractivity contribution >= 4 is 66.1 Å². The molecule has 0 unspecified atom stereocenters. The molecule has 2 aromatic carbocycles. The molecule has 1 aromatic heterocycles. The highest BCUT2D eigenvalue weighted by Crippen LogP contribution is 2.30. The van der Waals surface area contributed by atoms with Gasteiger partial charge >= 0.3 is 0 Å². The number of alkyl halides is 1. The summed E-state index contributed by atoms with van der Waals surface area (Å²) in [5, 5.41) is 0.677. The van der Waals surface area contributed by atoms with Crippen molar-refractivity contribution < 1.29 is 0 Å². The van der Waals surface area contributed by atoms with E-state index in [4.69, 9.17) is 23.2 Å². The van der Waals surface area contributed by atoms with E-state index in [0.717, 1.165) is 31.5 Å². The highest BCUT2D eigenvalue weighted by Gasteiger charge is 2.15. The van der Waals surface area contributed by atoms with E-state index < -0.39 is 0 Å². The number of imidazole rings is 1. The molecule has 0 saturated heterocycles. The van der Waals surface area contributed by atoms with E-state index in [2.05, 4.69) is 41.4 Å². The van der Waals surface area contributed by atoms with Crippen molar-refractivity contribution in [3.05, 3.63) is 56.2 Å². The summed E-state index contributed by atoms with van der Waals surface area (Å²) in [6.07, 6.45) is 0.677. The Hall–Kier alpha value is -0.550. The second kappa shape index (κ2) is 6.29. The minimum absolute atomic E-state index is 0.510. The van der Waals surface area contributed by atoms with Crippen LogP contribution in [0.1, 0.15) is 5.82 Å². The van der Waals surface area contributed by atoms with Crippen LogP contribution in [0.5, 0.6) is 0 Å². The van der Waals surface area contributed by atoms with Crippen LogP contribution in [0.4, 0.5) is 0 Å². The zero-order chi connectivity index (χ0) is 15.0. The molecule has 0 aliphatic heterocycles. The van der Waals surface area contributed by atoms with Crippen LogP contribution in [0.25, 0.3) is 16.7 Å². The summed E-state index contributed by atoms with van der Waals surface area (Å²) in [6, 6.07) is 11.8. The molecular formula is C15H10Br2Cl2N2. The lowest BCUT2D eigenvalue weighted by Gasteiger charge is -2.11. The molecule has 0 aliphatic carbocycles. The third-order valence-electron chi connectivity index (χ3n) is 3.15. The predicted octanol–water partition coefficient (Wildman–Crippen LogP) is 5.99. The minimum atomic E-state index is 0.510. The number of aryl methyl sites for hydroxylation is 1. The molecular weight excluding hydrogens is 439 g/mol. The molecule has 2 nitrogen and oxygen atoms in total. The lowest BCUT2D eigenvalue weighted by Crippen LogP contribution is -2.03. The van der Waals surface area contributed by atoms with E-state index in [0.29, 0.717) is 17.3 Å². The normalized spacial score (nSPS) is 11.2. The first-order chi connectivity index (χ1) is 10.1. The van der Waals surface area contributed by atoms with E-state index in [-0.39, 0.29) is 0 Å². The van der Waals surface area contributed by atoms with Crippen LogP contribution in [0.3, 0.4) is 0 Å². The molecule has 0 amide bonds. The first kappa shape index (κ1) is 15.3. The molecule has 108 valence electrons. The second-order valence-corrected chi connectivity index (χ2v) is 7.15. The van der Waals surface area contributed by atoms with Gasteiger partial charge in [-0.15, -0.1) is 11.6 Å². The zero-order valence-corrected chi connectivity index (χ0v) is 15.5. The highest BCUT2D eigenvalue weighted by atomic mass is 79.9. The van der Waals surface area contributed by atoms with E-state index in [1.54, 1.807) is 0 Å². The van der Waals surface area contributed by atoms with Crippen molar-refractivity contribution in [1.29, 1.82) is 0 Å². The Balaban J connectivity index is 2.33. The monoisotopic (exact) mass is 446 g/mol. The van der Waals surface area contributed by atoms with Gasteiger partial charge < -0.3 is 0 Å². The lowest BCUT2D eigenvalue weighted by molar-refractivity contribution is 0.912. The second-order valence-electron chi connectivity index (χ2n) is 4.53. The van der Waals surface area contributed by atoms with Crippen molar-refractivity contribution in [3.63, 3.8) is 0 Å². The van der Waals surface area contributed by atoms with E-state index >= 15 is 0 Å². The summed E-state index contributed by atoms with van der Waals surface area (Å²) in [6.45, 7) is 0. The molecule has 0 aliphatic rings. The van der Waals surface area contributed by atoms with Crippen molar-refractivity contribution in [1.82, 2.24) is 9.55 Å². The lowest BCUT2D eigenvalue weighted by atomic mass is 10.2. The van der Waals surface area contributed by atoms with Crippen molar-refractivity contribution in [2.45, 2.75) is 6.42 Å². The van der Waals surface area contributed by atoms with Gasteiger partial charge in [-0.05, 0) is 36.4 Å². The summed E-state index contributed by atoms with van der Waals surface area (Å²) in [5.74, 6) is 1.41. The van der Waals surface area contributed by atoms with Crippen molar-refractivity contribution in [2.24, 2.45) is 0 Å². The summed E-state index contributed by atoms with van der Waals surface area (Å²) in [7, 11) is 0. The maximum Gasteiger partial charge on any atom is 0.115 e. The van der Waals surface area contributed by atoms with Gasteiger partial charge in [0.05, 0.1) is 21.7 Å². The van der Waals surface area contributed by atoms with Crippen LogP contribution in [0.2, 0.25) is 5.02 Å². The summed E-state index contributed by atoms with van der Waals surface area (Å²) in [5.41, 5.74) is 2.83. The molecule has 6 heteroatoms. The summed E-state index contributed by atoms with van der Waals surface area (Å²) >= 11 is 19.3. The fourth-order valence-corrected chi connectivity index (χ4v) is 3.35. The number of nitrogens with zero attached hydrogens (tertiary/aromatic N) is 2. The molecule has 0 fully saturated rings. The number of benzene rings is 2. The zero-order valence-electron chi connectivity index (χ0n) is 10.8. The molecule has 0 N–H and O–H groups in total. The van der Waals surface area contributed by atoms with E-state index in [1.165, 1.54) is 0 Å². The number of hydrogen-bond acceptors (Lipinski definition) is 1. The summed E-state index contributed by atoms with van der Waals surface area (Å²) in [4.78, 5) is 4.68. The molecule has 1 heterocycles. The SMILES string of the molecule is ClCCc1nc2cc(Br)ccc2n1-c1cc(Br)ccc1Cl. The van der Waals surface area contributed by atoms with Crippen LogP contribution in [-0.2, 0) is 6.42 Å². The third kappa shape index (κ3) is 3.00. The van der Waals surface area contributed by atoms with Gasteiger partial charge in [0.15, 0.2) is 0 Å². The smallest absolute Gasteiger partial charge is 0.115 e. The molecule has 3 aromatic rings. The number of fused-ring (bicyclic) bond motifs is 1. The largest absolute Gasteiger partial charge is 0.295 e. The van der Waals surface area contributed by atoms with Gasteiger partial charge in [-0.25, -0.2) is 4.98 Å². The van der Waals surface area contributed by atoms with Gasteiger partial charge in [0, 0.05) is 21.2 Å². The number of hydrogen-bond donors (Lipinski definition) is 0. The van der Waals surface area contributed by atoms with E-state index in [9.17, 15) is 0 Å². The molecule has 0 radical (unpaired) electrons. The first-order valence-corrected chi connectivity index (χ1v) is 8.78. The van der Waals surface area contributed by atoms with Crippen LogP contribution < -0.4 is 0 Å². The predicted molar refractivity (Wildman–Crippen MR) is 95.9 cm³/mol. The van der Waals surface area contributed by atoms with Gasteiger partial charge in [-0.3, -0.25) is 4.57 Å². The van der Waals surface area contributed by atoms with Crippen LogP contribution in [-0.4, -0.2) is 15.4 Å². The Bertz CT molecular complexity index is 815. The maximum absolute atomic E-state index is 6.38.